The number of nitrogens with one attached hydrogen (secondary N) is 3. The number of hydrogen-bond donors (Lipinski definition) is 5. The summed E-state index contributed by atoms with van der Waals surface area (Å²) in [6.07, 6.45) is 11.1. The molecular weight excluding hydrogens is 570 g/mol. The Morgan fingerprint density at radius 3 is 2.78 bits per heavy atom. The van der Waals surface area contributed by atoms with Crippen molar-refractivity contribution in [3.8, 4) is 0 Å². The Morgan fingerprint density at radius 1 is 1.16 bits per heavy atom. The number of carboxylic acids is 1. The zero-order valence-corrected chi connectivity index (χ0v) is 26.3. The number of nitrogens with zero attached hydrogens (tertiary/aromatic N) is 2. The molecule has 4 aliphatic carbocycles. The van der Waals surface area contributed by atoms with E-state index >= 15 is 0 Å². The van der Waals surface area contributed by atoms with Gasteiger partial charge in [-0.25, -0.2) is 20.0 Å². The summed E-state index contributed by atoms with van der Waals surface area (Å²) in [5.74, 6) is 1.07. The van der Waals surface area contributed by atoms with Gasteiger partial charge in [-0.15, -0.1) is 0 Å². The molecule has 0 aromatic heterocycles. The maximum absolute atomic E-state index is 12.4. The predicted molar refractivity (Wildman–Crippen MR) is 173 cm³/mol. The van der Waals surface area contributed by atoms with Gasteiger partial charge in [0.05, 0.1) is 18.4 Å². The van der Waals surface area contributed by atoms with Gasteiger partial charge in [-0.2, -0.15) is 5.10 Å². The Bertz CT molecular complexity index is 1390. The van der Waals surface area contributed by atoms with E-state index in [0.717, 1.165) is 88.1 Å². The maximum atomic E-state index is 12.4. The molecule has 0 spiro atoms. The van der Waals surface area contributed by atoms with Crippen molar-refractivity contribution >= 4 is 23.7 Å². The van der Waals surface area contributed by atoms with E-state index in [1.165, 1.54) is 11.1 Å². The van der Waals surface area contributed by atoms with E-state index in [9.17, 15) is 19.8 Å². The van der Waals surface area contributed by atoms with E-state index < -0.39 is 18.1 Å². The number of allylic oxidation sites excluding steroid dienone is 4. The molecule has 5 N–H and O–H groups in total. The third-order valence-corrected chi connectivity index (χ3v) is 10.9. The van der Waals surface area contributed by atoms with Crippen molar-refractivity contribution in [1.82, 2.24) is 16.1 Å². The molecule has 5 aliphatic rings. The molecule has 1 heterocycles. The van der Waals surface area contributed by atoms with Crippen LogP contribution >= 0.6 is 0 Å². The van der Waals surface area contributed by atoms with Gasteiger partial charge in [0.1, 0.15) is 12.6 Å². The Morgan fingerprint density at radius 2 is 2.00 bits per heavy atom. The molecule has 10 nitrogen and oxygen atoms in total. The maximum Gasteiger partial charge on any atom is 0.408 e. The number of hydrazone groups is 1. The number of unbranched alkanes of at least 4 members (excludes halogenated alkanes) is 1. The fraction of sp³-hybridized carbons (Fsp3) is 0.600. The van der Waals surface area contributed by atoms with Gasteiger partial charge in [-0.1, -0.05) is 55.7 Å². The van der Waals surface area contributed by atoms with E-state index in [-0.39, 0.29) is 18.1 Å². The Balaban J connectivity index is 1.11. The van der Waals surface area contributed by atoms with Crippen LogP contribution in [0.4, 0.5) is 4.79 Å². The first-order valence-electron chi connectivity index (χ1n) is 16.7. The number of hydrogen-bond acceptors (Lipinski definition) is 8. The first kappa shape index (κ1) is 31.3. The summed E-state index contributed by atoms with van der Waals surface area (Å²) in [5, 5.41) is 31.3. The number of alkyl carbamates (subject to hydrolysis) is 1. The Labute approximate surface area is 265 Å². The highest BCUT2D eigenvalue weighted by Crippen LogP contribution is 2.62. The van der Waals surface area contributed by atoms with Gasteiger partial charge in [0.15, 0.2) is 0 Å². The number of rotatable bonds is 10. The number of benzene rings is 1. The van der Waals surface area contributed by atoms with Gasteiger partial charge in [-0.05, 0) is 104 Å². The van der Waals surface area contributed by atoms with E-state index in [0.29, 0.717) is 30.6 Å². The van der Waals surface area contributed by atoms with Crippen molar-refractivity contribution in [3.05, 3.63) is 58.7 Å². The van der Waals surface area contributed by atoms with Crippen molar-refractivity contribution in [2.45, 2.75) is 96.3 Å². The van der Waals surface area contributed by atoms with Crippen LogP contribution in [0.5, 0.6) is 0 Å². The second kappa shape index (κ2) is 13.8. The number of aliphatic imine (C=N–C) groups is 1. The number of carboxylic acid groups (broad SMARTS) is 1. The lowest BCUT2D eigenvalue weighted by Crippen LogP contribution is -2.45. The van der Waals surface area contributed by atoms with Crippen LogP contribution < -0.4 is 16.1 Å². The average Bonchev–Trinajstić information content (AvgIpc) is 3.67. The number of carbonyl (C=O) groups excluding carboxylic acids is 1. The number of carbonyl (C=O) groups is 2. The fourth-order valence-electron chi connectivity index (χ4n) is 8.66. The summed E-state index contributed by atoms with van der Waals surface area (Å²) in [5.41, 5.74) is 9.46. The first-order chi connectivity index (χ1) is 21.8. The van der Waals surface area contributed by atoms with Gasteiger partial charge < -0.3 is 25.6 Å². The highest BCUT2D eigenvalue weighted by atomic mass is 16.5. The molecule has 2 fully saturated rings. The van der Waals surface area contributed by atoms with Crippen LogP contribution in [0.25, 0.3) is 0 Å². The summed E-state index contributed by atoms with van der Waals surface area (Å²) in [4.78, 5) is 28.7. The van der Waals surface area contributed by atoms with Gasteiger partial charge in [0.2, 0.25) is 5.96 Å². The SMILES string of the molecule is C[C@]12C[C@H](CCCCC(NC(=O)OCc3ccccc3)C(=O)O)C3=C4CC/C(=N/NC5=NCCN5)C=C4CCC3C1CCC2O. The van der Waals surface area contributed by atoms with Crippen molar-refractivity contribution < 1.29 is 24.5 Å². The highest BCUT2D eigenvalue weighted by molar-refractivity contribution is 5.98. The lowest BCUT2D eigenvalue weighted by Gasteiger charge is -2.52. The Kier molecular flexibility index (Phi) is 9.58. The fourth-order valence-corrected chi connectivity index (χ4v) is 8.66. The molecular formula is C35H47N5O5. The number of ether oxygens (including phenoxy) is 1. The van der Waals surface area contributed by atoms with Gasteiger partial charge >= 0.3 is 12.1 Å². The summed E-state index contributed by atoms with van der Waals surface area (Å²) in [6.45, 7) is 4.02. The molecule has 4 unspecified atom stereocenters. The smallest absolute Gasteiger partial charge is 0.408 e. The van der Waals surface area contributed by atoms with Gasteiger partial charge in [0, 0.05) is 6.54 Å². The van der Waals surface area contributed by atoms with Crippen molar-refractivity contribution in [1.29, 1.82) is 0 Å². The summed E-state index contributed by atoms with van der Waals surface area (Å²) in [7, 11) is 0. The second-order valence-corrected chi connectivity index (χ2v) is 13.6. The van der Waals surface area contributed by atoms with Gasteiger partial charge in [0.25, 0.3) is 0 Å². The predicted octanol–water partition coefficient (Wildman–Crippen LogP) is 5.06. The molecule has 6 atom stereocenters. The summed E-state index contributed by atoms with van der Waals surface area (Å²) < 4.78 is 5.26. The van der Waals surface area contributed by atoms with Crippen molar-refractivity contribution in [2.75, 3.05) is 13.1 Å². The van der Waals surface area contributed by atoms with Crippen molar-refractivity contribution in [2.24, 2.45) is 33.3 Å². The molecule has 242 valence electrons. The minimum Gasteiger partial charge on any atom is -0.480 e. The van der Waals surface area contributed by atoms with Crippen LogP contribution in [0.15, 0.2) is 63.2 Å². The van der Waals surface area contributed by atoms with Crippen LogP contribution in [0.3, 0.4) is 0 Å². The largest absolute Gasteiger partial charge is 0.480 e. The third-order valence-electron chi connectivity index (χ3n) is 10.9. The number of amides is 1. The monoisotopic (exact) mass is 617 g/mol. The van der Waals surface area contributed by atoms with Crippen LogP contribution in [0.2, 0.25) is 0 Å². The molecule has 45 heavy (non-hydrogen) atoms. The van der Waals surface area contributed by atoms with Crippen LogP contribution in [0, 0.1) is 23.2 Å². The van der Waals surface area contributed by atoms with E-state index in [1.54, 1.807) is 5.57 Å². The normalized spacial score (nSPS) is 30.3. The quantitative estimate of drug-likeness (QED) is 0.182. The molecule has 2 saturated carbocycles. The second-order valence-electron chi connectivity index (χ2n) is 13.6. The standard InChI is InChI=1S/C35H47N5O5/c1-35-20-24(9-5-6-10-29(32(42)43)38-34(44)45-21-22-7-3-2-4-8-22)31-26-14-12-25(39-40-33-36-17-18-37-33)19-23(26)11-13-27(31)28(35)15-16-30(35)41/h2-4,7-8,19,24,27-30,41H,5-6,9-18,20-21H2,1H3,(H,38,44)(H,42,43)(H2,36,37,40)/b39-25-/t24-,27?,28?,29?,30?,35-/m0/s1. The number of aliphatic hydroxyl groups is 1. The summed E-state index contributed by atoms with van der Waals surface area (Å²) >= 11 is 0. The molecule has 1 aromatic carbocycles. The molecule has 1 aliphatic heterocycles. The third kappa shape index (κ3) is 6.95. The van der Waals surface area contributed by atoms with Crippen molar-refractivity contribution in [3.63, 3.8) is 0 Å². The number of aliphatic carboxylic acids is 1. The highest BCUT2D eigenvalue weighted by Gasteiger charge is 2.55. The van der Waals surface area contributed by atoms with E-state index in [1.807, 2.05) is 30.3 Å². The number of aliphatic hydroxyl groups excluding tert-OH is 1. The minimum atomic E-state index is -1.05. The lowest BCUT2D eigenvalue weighted by molar-refractivity contribution is -0.139. The van der Waals surface area contributed by atoms with E-state index in [4.69, 9.17) is 4.74 Å². The minimum absolute atomic E-state index is 0.0749. The van der Waals surface area contributed by atoms with Crippen LogP contribution in [0.1, 0.15) is 83.1 Å². The molecule has 1 aromatic rings. The molecule has 0 radical (unpaired) electrons. The molecule has 6 rings (SSSR count). The molecule has 0 bridgehead atoms. The molecule has 0 saturated heterocycles. The number of fused-ring (bicyclic) bond motifs is 4. The first-order valence-corrected chi connectivity index (χ1v) is 16.7. The topological polar surface area (TPSA) is 145 Å². The summed E-state index contributed by atoms with van der Waals surface area (Å²) in [6, 6.07) is 8.33. The van der Waals surface area contributed by atoms with Gasteiger partial charge in [-0.3, -0.25) is 0 Å². The zero-order valence-electron chi connectivity index (χ0n) is 26.3. The Hall–Kier alpha value is -3.66. The zero-order chi connectivity index (χ0) is 31.4. The lowest BCUT2D eigenvalue weighted by atomic mass is 9.53. The number of guanidine groups is 1. The van der Waals surface area contributed by atoms with Crippen LogP contribution in [-0.2, 0) is 16.1 Å². The average molecular weight is 618 g/mol. The molecule has 10 heteroatoms. The van der Waals surface area contributed by atoms with E-state index in [2.05, 4.69) is 39.2 Å². The molecule has 1 amide bonds. The van der Waals surface area contributed by atoms with Crippen LogP contribution in [-0.4, -0.2) is 59.2 Å².